The first-order valence-electron chi connectivity index (χ1n) is 10.1. The highest BCUT2D eigenvalue weighted by atomic mass is 32.1. The Labute approximate surface area is 180 Å². The quantitative estimate of drug-likeness (QED) is 0.402. The van der Waals surface area contributed by atoms with Crippen molar-refractivity contribution in [1.29, 1.82) is 0 Å². The minimum Gasteiger partial charge on any atom is -0.477 e. The second-order valence-electron chi connectivity index (χ2n) is 7.58. The van der Waals surface area contributed by atoms with E-state index in [4.69, 9.17) is 5.11 Å². The number of rotatable bonds is 9. The summed E-state index contributed by atoms with van der Waals surface area (Å²) in [5, 5.41) is 29.3. The third-order valence-electron chi connectivity index (χ3n) is 5.15. The fraction of sp³-hybridized carbons (Fsp3) is 0.591. The summed E-state index contributed by atoms with van der Waals surface area (Å²) in [6.45, 7) is 4.03. The number of aromatic carboxylic acids is 1. The lowest BCUT2D eigenvalue weighted by molar-refractivity contribution is -0.132. The molecule has 0 radical (unpaired) electrons. The highest BCUT2D eigenvalue weighted by Crippen LogP contribution is 2.37. The lowest BCUT2D eigenvalue weighted by atomic mass is 9.99. The second kappa shape index (κ2) is 11.0. The molecule has 3 N–H and O–H groups in total. The molecule has 2 heterocycles. The first-order valence-corrected chi connectivity index (χ1v) is 10.9. The molecule has 4 unspecified atom stereocenters. The zero-order valence-corrected chi connectivity index (χ0v) is 18.0. The fourth-order valence-electron chi connectivity index (χ4n) is 3.37. The molecule has 8 heteroatoms. The molecule has 1 aliphatic heterocycles. The van der Waals surface area contributed by atoms with E-state index in [0.29, 0.717) is 19.3 Å². The van der Waals surface area contributed by atoms with Crippen molar-refractivity contribution in [2.45, 2.75) is 70.2 Å². The van der Waals surface area contributed by atoms with Crippen LogP contribution in [-0.4, -0.2) is 57.0 Å². The molecule has 1 fully saturated rings. The van der Waals surface area contributed by atoms with Gasteiger partial charge in [0.1, 0.15) is 4.88 Å². The number of aryl methyl sites for hydroxylation is 1. The van der Waals surface area contributed by atoms with Crippen LogP contribution in [0.25, 0.3) is 0 Å². The predicted octanol–water partition coefficient (Wildman–Crippen LogP) is 3.76. The Morgan fingerprint density at radius 1 is 1.43 bits per heavy atom. The monoisotopic (exact) mass is 441 g/mol. The highest BCUT2D eigenvalue weighted by molar-refractivity contribution is 7.13. The van der Waals surface area contributed by atoms with Crippen molar-refractivity contribution in [3.05, 3.63) is 34.0 Å². The van der Waals surface area contributed by atoms with E-state index in [9.17, 15) is 23.8 Å². The van der Waals surface area contributed by atoms with E-state index in [-0.39, 0.29) is 17.3 Å². The third-order valence-corrected chi connectivity index (χ3v) is 6.28. The number of likely N-dealkylation sites (tertiary alicyclic amines) is 1. The van der Waals surface area contributed by atoms with E-state index in [1.165, 1.54) is 17.0 Å². The van der Waals surface area contributed by atoms with Crippen LogP contribution in [0.4, 0.5) is 8.78 Å². The van der Waals surface area contributed by atoms with E-state index in [2.05, 4.69) is 11.8 Å². The number of hydrogen-bond donors (Lipinski definition) is 3. The molecule has 4 atom stereocenters. The van der Waals surface area contributed by atoms with Crippen molar-refractivity contribution in [2.24, 2.45) is 5.92 Å². The van der Waals surface area contributed by atoms with Crippen molar-refractivity contribution in [3.8, 4) is 11.8 Å². The molecular weight excluding hydrogens is 412 g/mol. The molecule has 0 amide bonds. The summed E-state index contributed by atoms with van der Waals surface area (Å²) < 4.78 is 28.2. The predicted molar refractivity (Wildman–Crippen MR) is 113 cm³/mol. The topological polar surface area (TPSA) is 81.0 Å². The molecule has 0 bridgehead atoms. The first-order chi connectivity index (χ1) is 14.2. The van der Waals surface area contributed by atoms with Crippen LogP contribution in [-0.2, 0) is 6.42 Å². The number of carboxylic acids is 1. The van der Waals surface area contributed by atoms with E-state index in [0.717, 1.165) is 22.6 Å². The van der Waals surface area contributed by atoms with Gasteiger partial charge in [-0.2, -0.15) is 0 Å². The van der Waals surface area contributed by atoms with Gasteiger partial charge in [-0.05, 0) is 30.9 Å². The molecule has 0 aromatic carbocycles. The Morgan fingerprint density at radius 2 is 2.17 bits per heavy atom. The minimum atomic E-state index is -3.22. The highest BCUT2D eigenvalue weighted by Gasteiger charge is 2.52. The standard InChI is InChI=1S/C22H29F2NO4S/c1-3-4-5-7-15(2)18(26)11-9-16-14-22(23,24)21(29)25(16)13-6-8-17-10-12-19(30-17)20(27)28/h9-12,15-16,18,21,26,29H,3,6-8,13-14H2,1-2H3,(H,27,28). The molecule has 1 aromatic heterocycles. The van der Waals surface area contributed by atoms with Crippen LogP contribution in [0, 0.1) is 17.8 Å². The smallest absolute Gasteiger partial charge is 0.345 e. The van der Waals surface area contributed by atoms with Crippen molar-refractivity contribution in [3.63, 3.8) is 0 Å². The Hall–Kier alpha value is -1.79. The summed E-state index contributed by atoms with van der Waals surface area (Å²) in [5.41, 5.74) is 0. The van der Waals surface area contributed by atoms with Gasteiger partial charge in [0.05, 0.1) is 6.10 Å². The van der Waals surface area contributed by atoms with Gasteiger partial charge in [0.25, 0.3) is 5.92 Å². The number of hydrogen-bond acceptors (Lipinski definition) is 5. The van der Waals surface area contributed by atoms with E-state index < -0.39 is 36.7 Å². The van der Waals surface area contributed by atoms with Crippen LogP contribution in [0.2, 0.25) is 0 Å². The van der Waals surface area contributed by atoms with Crippen LogP contribution in [0.5, 0.6) is 0 Å². The minimum absolute atomic E-state index is 0.122. The summed E-state index contributed by atoms with van der Waals surface area (Å²) >= 11 is 1.16. The van der Waals surface area contributed by atoms with Gasteiger partial charge in [-0.3, -0.25) is 4.90 Å². The molecule has 0 aliphatic carbocycles. The van der Waals surface area contributed by atoms with Gasteiger partial charge in [-0.15, -0.1) is 23.2 Å². The maximum atomic E-state index is 14.1. The molecule has 0 spiro atoms. The van der Waals surface area contributed by atoms with E-state index in [1.54, 1.807) is 12.1 Å². The third kappa shape index (κ3) is 6.61. The second-order valence-corrected chi connectivity index (χ2v) is 8.75. The zero-order chi connectivity index (χ0) is 22.3. The van der Waals surface area contributed by atoms with Crippen molar-refractivity contribution in [2.75, 3.05) is 6.54 Å². The number of alkyl halides is 2. The average molecular weight is 442 g/mol. The van der Waals surface area contributed by atoms with Gasteiger partial charge < -0.3 is 15.3 Å². The fourth-order valence-corrected chi connectivity index (χ4v) is 4.25. The first kappa shape index (κ1) is 24.5. The van der Waals surface area contributed by atoms with Crippen molar-refractivity contribution in [1.82, 2.24) is 4.90 Å². The molecule has 5 nitrogen and oxygen atoms in total. The summed E-state index contributed by atoms with van der Waals surface area (Å²) in [6, 6.07) is 2.57. The lowest BCUT2D eigenvalue weighted by Gasteiger charge is -2.26. The Bertz CT molecular complexity index is 799. The Kier molecular flexibility index (Phi) is 8.98. The number of thiophene rings is 1. The molecule has 1 saturated heterocycles. The molecule has 1 aromatic rings. The molecule has 0 saturated carbocycles. The summed E-state index contributed by atoms with van der Waals surface area (Å²) in [5.74, 6) is 1.58. The molecule has 166 valence electrons. The maximum Gasteiger partial charge on any atom is 0.345 e. The van der Waals surface area contributed by atoms with Gasteiger partial charge in [0.15, 0.2) is 6.23 Å². The molecule has 2 rings (SSSR count). The van der Waals surface area contributed by atoms with Gasteiger partial charge in [0.2, 0.25) is 0 Å². The SMILES string of the molecule is CCC#CCC(C)C(O)C=CC1CC(F)(F)C(O)N1CCCc1ccc(C(=O)O)s1. The van der Waals surface area contributed by atoms with Crippen LogP contribution in [0.15, 0.2) is 24.3 Å². The molecular formula is C22H29F2NO4S. The van der Waals surface area contributed by atoms with Crippen molar-refractivity contribution >= 4 is 17.3 Å². The van der Waals surface area contributed by atoms with Gasteiger partial charge in [0, 0.05) is 36.7 Å². The van der Waals surface area contributed by atoms with Gasteiger partial charge >= 0.3 is 5.97 Å². The maximum absolute atomic E-state index is 14.1. The Balaban J connectivity index is 1.96. The number of aliphatic hydroxyl groups is 2. The summed E-state index contributed by atoms with van der Waals surface area (Å²) in [4.78, 5) is 13.4. The summed E-state index contributed by atoms with van der Waals surface area (Å²) in [6.07, 6.45) is 2.18. The molecule has 1 aliphatic rings. The number of carboxylic acid groups (broad SMARTS) is 1. The molecule has 30 heavy (non-hydrogen) atoms. The van der Waals surface area contributed by atoms with Crippen molar-refractivity contribution < 1.29 is 28.9 Å². The van der Waals surface area contributed by atoms with Crippen LogP contribution >= 0.6 is 11.3 Å². The lowest BCUT2D eigenvalue weighted by Crippen LogP contribution is -2.41. The number of halogens is 2. The number of nitrogens with zero attached hydrogens (tertiary/aromatic N) is 1. The van der Waals surface area contributed by atoms with Crippen LogP contribution in [0.1, 0.15) is 54.1 Å². The number of carbonyl (C=O) groups is 1. The number of aliphatic hydroxyl groups excluding tert-OH is 2. The largest absolute Gasteiger partial charge is 0.477 e. The van der Waals surface area contributed by atoms with Crippen LogP contribution in [0.3, 0.4) is 0 Å². The normalized spacial score (nSPS) is 23.3. The zero-order valence-electron chi connectivity index (χ0n) is 17.2. The van der Waals surface area contributed by atoms with Gasteiger partial charge in [-0.25, -0.2) is 13.6 Å². The van der Waals surface area contributed by atoms with E-state index in [1.807, 2.05) is 13.8 Å². The summed E-state index contributed by atoms with van der Waals surface area (Å²) in [7, 11) is 0. The Morgan fingerprint density at radius 3 is 2.80 bits per heavy atom. The van der Waals surface area contributed by atoms with E-state index >= 15 is 0 Å². The van der Waals surface area contributed by atoms with Gasteiger partial charge in [-0.1, -0.05) is 26.0 Å². The van der Waals surface area contributed by atoms with Crippen LogP contribution < -0.4 is 0 Å². The average Bonchev–Trinajstić information content (AvgIpc) is 3.24.